The molecular formula is C8H9BN3O2. The van der Waals surface area contributed by atoms with Gasteiger partial charge >= 0.3 is 7.41 Å². The summed E-state index contributed by atoms with van der Waals surface area (Å²) in [6.07, 6.45) is 2.11. The predicted octanol–water partition coefficient (Wildman–Crippen LogP) is -0.338. The summed E-state index contributed by atoms with van der Waals surface area (Å²) in [6.45, 7) is 0. The van der Waals surface area contributed by atoms with Crippen molar-refractivity contribution in [2.75, 3.05) is 12.3 Å². The van der Waals surface area contributed by atoms with Crippen molar-refractivity contribution < 1.29 is 9.59 Å². The molecule has 1 amide bonds. The second-order valence-electron chi connectivity index (χ2n) is 2.46. The Labute approximate surface area is 82.2 Å². The number of nitrogens with zero attached hydrogens (tertiary/aromatic N) is 1. The van der Waals surface area contributed by atoms with Crippen LogP contribution in [0.15, 0.2) is 18.3 Å². The van der Waals surface area contributed by atoms with E-state index in [1.165, 1.54) is 20.7 Å². The summed E-state index contributed by atoms with van der Waals surface area (Å²) in [5, 5.41) is 5.15. The normalized spacial score (nSPS) is 8.93. The van der Waals surface area contributed by atoms with Crippen LogP contribution in [0.25, 0.3) is 0 Å². The Morgan fingerprint density at radius 2 is 2.36 bits per heavy atom. The molecule has 1 radical (unpaired) electrons. The summed E-state index contributed by atoms with van der Waals surface area (Å²) in [4.78, 5) is 25.0. The number of carbonyl (C=O) groups excluding carboxylic acids is 2. The van der Waals surface area contributed by atoms with Gasteiger partial charge < -0.3 is 15.3 Å². The van der Waals surface area contributed by atoms with Gasteiger partial charge in [-0.2, -0.15) is 0 Å². The van der Waals surface area contributed by atoms with E-state index in [0.717, 1.165) is 0 Å². The third kappa shape index (κ3) is 2.58. The molecule has 0 aliphatic rings. The first kappa shape index (κ1) is 10.2. The number of carbonyl (C=O) groups is 2. The molecule has 5 nitrogen and oxygen atoms in total. The van der Waals surface area contributed by atoms with Crippen molar-refractivity contribution in [3.05, 3.63) is 24.0 Å². The van der Waals surface area contributed by atoms with E-state index in [2.05, 4.69) is 15.5 Å². The Balaban J connectivity index is 2.68. The topological polar surface area (TPSA) is 71.1 Å². The number of anilines is 1. The molecule has 71 valence electrons. The minimum atomic E-state index is -0.240. The zero-order valence-electron chi connectivity index (χ0n) is 7.65. The van der Waals surface area contributed by atoms with Crippen molar-refractivity contribution in [2.24, 2.45) is 0 Å². The van der Waals surface area contributed by atoms with E-state index in [9.17, 15) is 9.59 Å². The number of hydrogen-bond acceptors (Lipinski definition) is 4. The molecule has 0 saturated heterocycles. The van der Waals surface area contributed by atoms with Gasteiger partial charge in [0.05, 0.1) is 0 Å². The van der Waals surface area contributed by atoms with Crippen molar-refractivity contribution in [3.8, 4) is 0 Å². The van der Waals surface area contributed by atoms with Gasteiger partial charge in [0.25, 0.3) is 5.91 Å². The molecule has 14 heavy (non-hydrogen) atoms. The molecule has 6 heteroatoms. The Kier molecular flexibility index (Phi) is 3.66. The van der Waals surface area contributed by atoms with E-state index in [4.69, 9.17) is 0 Å². The molecule has 1 rings (SSSR count). The zero-order chi connectivity index (χ0) is 10.4. The molecule has 0 spiro atoms. The Bertz CT molecular complexity index is 326. The maximum atomic E-state index is 11.1. The van der Waals surface area contributed by atoms with Crippen LogP contribution in [0.1, 0.15) is 10.5 Å². The van der Waals surface area contributed by atoms with E-state index in [0.29, 0.717) is 17.6 Å². The molecule has 2 N–H and O–H groups in total. The highest BCUT2D eigenvalue weighted by Gasteiger charge is 2.03. The summed E-state index contributed by atoms with van der Waals surface area (Å²) in [7, 11) is 2.78. The van der Waals surface area contributed by atoms with Crippen LogP contribution in [0.4, 0.5) is 5.69 Å². The van der Waals surface area contributed by atoms with Gasteiger partial charge in [0.1, 0.15) is 11.9 Å². The first-order valence-corrected chi connectivity index (χ1v) is 3.99. The Morgan fingerprint density at radius 3 is 2.86 bits per heavy atom. The Morgan fingerprint density at radius 1 is 1.57 bits per heavy atom. The largest absolute Gasteiger partial charge is 0.424 e. The second-order valence-corrected chi connectivity index (χ2v) is 2.46. The lowest BCUT2D eigenvalue weighted by molar-refractivity contribution is 0.0958. The zero-order valence-corrected chi connectivity index (χ0v) is 7.65. The van der Waals surface area contributed by atoms with Crippen LogP contribution in [0.5, 0.6) is 0 Å². The molecule has 0 aliphatic carbocycles. The molecule has 0 unspecified atom stereocenters. The minimum Gasteiger partial charge on any atom is -0.424 e. The maximum absolute atomic E-state index is 11.1. The van der Waals surface area contributed by atoms with Crippen molar-refractivity contribution in [3.63, 3.8) is 0 Å². The number of nitrogens with one attached hydrogen (secondary N) is 2. The maximum Gasteiger partial charge on any atom is 0.326 e. The molecule has 1 aromatic heterocycles. The van der Waals surface area contributed by atoms with E-state index in [1.807, 2.05) is 0 Å². The van der Waals surface area contributed by atoms with Crippen molar-refractivity contribution in [1.29, 1.82) is 0 Å². The van der Waals surface area contributed by atoms with Gasteiger partial charge in [0.2, 0.25) is 0 Å². The van der Waals surface area contributed by atoms with Crippen molar-refractivity contribution >= 4 is 25.2 Å². The lowest BCUT2D eigenvalue weighted by atomic mass is 9.99. The summed E-state index contributed by atoms with van der Waals surface area (Å²) in [6, 6.07) is 3.23. The van der Waals surface area contributed by atoms with Gasteiger partial charge in [-0.05, 0) is 12.1 Å². The summed E-state index contributed by atoms with van der Waals surface area (Å²) >= 11 is 0. The second kappa shape index (κ2) is 5.01. The molecule has 0 saturated carbocycles. The fraction of sp³-hybridized carbons (Fsp3) is 0.125. The van der Waals surface area contributed by atoms with Crippen LogP contribution in [0, 0.1) is 0 Å². The highest BCUT2D eigenvalue weighted by Crippen LogP contribution is 2.04. The van der Waals surface area contributed by atoms with Gasteiger partial charge in [0.15, 0.2) is 0 Å². The molecule has 1 aromatic rings. The van der Waals surface area contributed by atoms with Crippen LogP contribution in [-0.2, 0) is 4.79 Å². The monoisotopic (exact) mass is 190 g/mol. The van der Waals surface area contributed by atoms with Gasteiger partial charge in [0, 0.05) is 18.9 Å². The lowest BCUT2D eigenvalue weighted by Crippen LogP contribution is -2.19. The average Bonchev–Trinajstić information content (AvgIpc) is 2.26. The third-order valence-electron chi connectivity index (χ3n) is 1.54. The molecular weight excluding hydrogens is 181 g/mol. The molecule has 0 bridgehead atoms. The van der Waals surface area contributed by atoms with Gasteiger partial charge in [-0.25, -0.2) is 4.98 Å². The van der Waals surface area contributed by atoms with Crippen LogP contribution in [0.3, 0.4) is 0 Å². The lowest BCUT2D eigenvalue weighted by Gasteiger charge is -2.02. The molecule has 0 atom stereocenters. The predicted molar refractivity (Wildman–Crippen MR) is 53.8 cm³/mol. The highest BCUT2D eigenvalue weighted by atomic mass is 16.1. The van der Waals surface area contributed by atoms with Crippen LogP contribution in [0.2, 0.25) is 0 Å². The van der Waals surface area contributed by atoms with E-state index in [1.54, 1.807) is 12.1 Å². The van der Waals surface area contributed by atoms with Crippen molar-refractivity contribution in [2.45, 2.75) is 0 Å². The third-order valence-corrected chi connectivity index (χ3v) is 1.54. The number of pyridine rings is 1. The molecule has 0 aliphatic heterocycles. The highest BCUT2D eigenvalue weighted by molar-refractivity contribution is 6.69. The smallest absolute Gasteiger partial charge is 0.326 e. The number of rotatable bonds is 4. The van der Waals surface area contributed by atoms with Crippen LogP contribution >= 0.6 is 0 Å². The number of aromatic nitrogens is 1. The number of hydrogen-bond donors (Lipinski definition) is 2. The van der Waals surface area contributed by atoms with Gasteiger partial charge in [-0.3, -0.25) is 4.79 Å². The van der Waals surface area contributed by atoms with E-state index >= 15 is 0 Å². The van der Waals surface area contributed by atoms with E-state index in [-0.39, 0.29) is 5.91 Å². The fourth-order valence-electron chi connectivity index (χ4n) is 0.872. The average molecular weight is 190 g/mol. The van der Waals surface area contributed by atoms with Gasteiger partial charge in [-0.1, -0.05) is 0 Å². The van der Waals surface area contributed by atoms with Crippen molar-refractivity contribution in [1.82, 2.24) is 10.3 Å². The fourth-order valence-corrected chi connectivity index (χ4v) is 0.872. The first-order valence-electron chi connectivity index (χ1n) is 3.99. The van der Waals surface area contributed by atoms with E-state index < -0.39 is 0 Å². The summed E-state index contributed by atoms with van der Waals surface area (Å²) in [5.74, 6) is -0.240. The number of amides is 1. The SMILES string of the molecule is CNC(=O)c1ccc(N[B]C=O)cn1. The standard InChI is InChI=1S/C8H9BN3O2/c1-10-8(14)7-3-2-6(4-11-7)12-9-5-13/h2-5,12H,1H3,(H,10,14). The summed E-state index contributed by atoms with van der Waals surface area (Å²) < 4.78 is 0. The quantitative estimate of drug-likeness (QED) is 0.503. The minimum absolute atomic E-state index is 0.240. The first-order chi connectivity index (χ1) is 6.77. The molecule has 1 heterocycles. The summed E-state index contributed by atoms with van der Waals surface area (Å²) in [5.41, 5.74) is 0.994. The van der Waals surface area contributed by atoms with Gasteiger partial charge in [-0.15, -0.1) is 0 Å². The van der Waals surface area contributed by atoms with Crippen LogP contribution < -0.4 is 10.5 Å². The van der Waals surface area contributed by atoms with Crippen LogP contribution in [-0.4, -0.2) is 31.5 Å². The Hall–Kier alpha value is -1.85. The molecule has 0 fully saturated rings. The molecule has 0 aromatic carbocycles.